The highest BCUT2D eigenvalue weighted by molar-refractivity contribution is 6.23. The lowest BCUT2D eigenvalue weighted by atomic mass is 9.93. The van der Waals surface area contributed by atoms with Crippen LogP contribution in [0.5, 0.6) is 0 Å². The molecule has 3 heterocycles. The zero-order valence-electron chi connectivity index (χ0n) is 27.7. The van der Waals surface area contributed by atoms with Crippen LogP contribution in [0.2, 0.25) is 0 Å². The zero-order valence-corrected chi connectivity index (χ0v) is 27.7. The standard InChI is InChI=1S/C47H27N3O2/c1-2-13-29(14-3-1)33-19-10-16-31-27-37(43-35-18-7-9-22-39(35)52-44(43)41(31)33)47-49-45(32-25-24-28-12-4-5-15-30(28)26-32)48-46(50-47)36-20-11-23-40-42(36)34-17-6-8-21-38(34)51-40/h1-27H. The Labute approximate surface area is 297 Å². The minimum absolute atomic E-state index is 0.571. The molecule has 0 radical (unpaired) electrons. The van der Waals surface area contributed by atoms with Gasteiger partial charge in [0.25, 0.3) is 0 Å². The molecule has 0 spiro atoms. The normalized spacial score (nSPS) is 11.8. The lowest BCUT2D eigenvalue weighted by Crippen LogP contribution is -2.01. The molecule has 0 aliphatic carbocycles. The number of rotatable bonds is 4. The van der Waals surface area contributed by atoms with Crippen molar-refractivity contribution in [2.24, 2.45) is 0 Å². The third kappa shape index (κ3) is 4.39. The smallest absolute Gasteiger partial charge is 0.164 e. The maximum atomic E-state index is 6.78. The molecule has 5 heteroatoms. The first-order valence-electron chi connectivity index (χ1n) is 17.4. The lowest BCUT2D eigenvalue weighted by Gasteiger charge is -2.13. The van der Waals surface area contributed by atoms with E-state index < -0.39 is 0 Å². The summed E-state index contributed by atoms with van der Waals surface area (Å²) >= 11 is 0. The van der Waals surface area contributed by atoms with Gasteiger partial charge in [-0.25, -0.2) is 15.0 Å². The third-order valence-corrected chi connectivity index (χ3v) is 10.1. The summed E-state index contributed by atoms with van der Waals surface area (Å²) in [5.41, 5.74) is 8.15. The van der Waals surface area contributed by atoms with Crippen LogP contribution in [0.1, 0.15) is 0 Å². The fourth-order valence-corrected chi connectivity index (χ4v) is 7.73. The van der Waals surface area contributed by atoms with Crippen molar-refractivity contribution >= 4 is 65.4 Å². The van der Waals surface area contributed by atoms with E-state index in [0.717, 1.165) is 93.2 Å². The summed E-state index contributed by atoms with van der Waals surface area (Å²) in [6, 6.07) is 56.2. The number of nitrogens with zero attached hydrogens (tertiary/aromatic N) is 3. The number of hydrogen-bond donors (Lipinski definition) is 0. The molecule has 0 N–H and O–H groups in total. The first-order chi connectivity index (χ1) is 25.8. The second-order valence-corrected chi connectivity index (χ2v) is 13.1. The maximum Gasteiger partial charge on any atom is 0.164 e. The number of furan rings is 2. The van der Waals surface area contributed by atoms with Crippen LogP contribution in [-0.2, 0) is 0 Å². The Hall–Kier alpha value is -7.11. The van der Waals surface area contributed by atoms with Crippen molar-refractivity contribution < 1.29 is 8.83 Å². The van der Waals surface area contributed by atoms with Gasteiger partial charge in [-0.1, -0.05) is 133 Å². The lowest BCUT2D eigenvalue weighted by molar-refractivity contribution is 0.669. The van der Waals surface area contributed by atoms with Gasteiger partial charge in [-0.3, -0.25) is 0 Å². The molecule has 0 atom stereocenters. The van der Waals surface area contributed by atoms with Crippen LogP contribution in [0.3, 0.4) is 0 Å². The van der Waals surface area contributed by atoms with Crippen LogP contribution in [-0.4, -0.2) is 15.0 Å². The van der Waals surface area contributed by atoms with Crippen molar-refractivity contribution in [3.63, 3.8) is 0 Å². The first-order valence-corrected chi connectivity index (χ1v) is 17.4. The van der Waals surface area contributed by atoms with Crippen LogP contribution in [0.15, 0.2) is 173 Å². The van der Waals surface area contributed by atoms with Gasteiger partial charge in [0.05, 0.1) is 0 Å². The molecule has 0 saturated heterocycles. The molecule has 0 aliphatic rings. The highest BCUT2D eigenvalue weighted by Gasteiger charge is 2.23. The SMILES string of the molecule is c1ccc(-c2cccc3cc(-c4nc(-c5ccc6ccccc6c5)nc(-c5cccc6oc7ccccc7c56)n4)c4c5ccccc5oc4c23)cc1. The van der Waals surface area contributed by atoms with E-state index in [-0.39, 0.29) is 0 Å². The largest absolute Gasteiger partial charge is 0.456 e. The van der Waals surface area contributed by atoms with Crippen molar-refractivity contribution in [2.45, 2.75) is 0 Å². The van der Waals surface area contributed by atoms with Crippen LogP contribution in [0.4, 0.5) is 0 Å². The highest BCUT2D eigenvalue weighted by atomic mass is 16.3. The summed E-state index contributed by atoms with van der Waals surface area (Å²) in [5, 5.41) is 8.35. The average molecular weight is 666 g/mol. The van der Waals surface area contributed by atoms with E-state index >= 15 is 0 Å². The first kappa shape index (κ1) is 28.7. The van der Waals surface area contributed by atoms with Crippen LogP contribution in [0.25, 0.3) is 111 Å². The van der Waals surface area contributed by atoms with Crippen LogP contribution < -0.4 is 0 Å². The molecule has 0 fully saturated rings. The van der Waals surface area contributed by atoms with Crippen molar-refractivity contribution in [1.82, 2.24) is 15.0 Å². The zero-order chi connectivity index (χ0) is 34.2. The predicted molar refractivity (Wildman–Crippen MR) is 211 cm³/mol. The fourth-order valence-electron chi connectivity index (χ4n) is 7.73. The van der Waals surface area contributed by atoms with E-state index in [9.17, 15) is 0 Å². The maximum absolute atomic E-state index is 6.78. The van der Waals surface area contributed by atoms with E-state index in [4.69, 9.17) is 23.8 Å². The molecule has 0 saturated carbocycles. The van der Waals surface area contributed by atoms with Gasteiger partial charge in [0, 0.05) is 43.6 Å². The van der Waals surface area contributed by atoms with Crippen LogP contribution in [0, 0.1) is 0 Å². The Bertz CT molecular complexity index is 3190. The molecule has 5 nitrogen and oxygen atoms in total. The van der Waals surface area contributed by atoms with Crippen LogP contribution >= 0.6 is 0 Å². The molecule has 0 bridgehead atoms. The fraction of sp³-hybridized carbons (Fsp3) is 0. The van der Waals surface area contributed by atoms with Crippen molar-refractivity contribution in [3.8, 4) is 45.3 Å². The minimum atomic E-state index is 0.571. The van der Waals surface area contributed by atoms with Gasteiger partial charge in [0.15, 0.2) is 17.5 Å². The number of para-hydroxylation sites is 2. The van der Waals surface area contributed by atoms with Gasteiger partial charge in [0.1, 0.15) is 22.3 Å². The quantitative estimate of drug-likeness (QED) is 0.187. The molecular formula is C47H27N3O2. The summed E-state index contributed by atoms with van der Waals surface area (Å²) in [7, 11) is 0. The predicted octanol–water partition coefficient (Wildman–Crippen LogP) is 12.6. The molecule has 8 aromatic carbocycles. The summed E-state index contributed by atoms with van der Waals surface area (Å²) in [6.07, 6.45) is 0. The molecule has 52 heavy (non-hydrogen) atoms. The van der Waals surface area contributed by atoms with E-state index in [1.54, 1.807) is 0 Å². The van der Waals surface area contributed by atoms with Crippen molar-refractivity contribution in [3.05, 3.63) is 164 Å². The highest BCUT2D eigenvalue weighted by Crippen LogP contribution is 2.44. The van der Waals surface area contributed by atoms with E-state index in [2.05, 4.69) is 115 Å². The minimum Gasteiger partial charge on any atom is -0.456 e. The number of hydrogen-bond acceptors (Lipinski definition) is 5. The Morgan fingerprint density at radius 2 is 0.942 bits per heavy atom. The second kappa shape index (κ2) is 11.2. The summed E-state index contributed by atoms with van der Waals surface area (Å²) in [4.78, 5) is 15.8. The van der Waals surface area contributed by atoms with Gasteiger partial charge >= 0.3 is 0 Å². The average Bonchev–Trinajstić information content (AvgIpc) is 3.79. The third-order valence-electron chi connectivity index (χ3n) is 10.1. The molecule has 0 aliphatic heterocycles. The van der Waals surface area contributed by atoms with Gasteiger partial charge in [-0.15, -0.1) is 0 Å². The van der Waals surface area contributed by atoms with E-state index in [0.29, 0.717) is 17.5 Å². The molecule has 11 rings (SSSR count). The molecule has 242 valence electrons. The molecule has 0 amide bonds. The summed E-state index contributed by atoms with van der Waals surface area (Å²) in [5.74, 6) is 1.74. The number of aromatic nitrogens is 3. The van der Waals surface area contributed by atoms with Gasteiger partial charge in [0.2, 0.25) is 0 Å². The molecular weight excluding hydrogens is 639 g/mol. The second-order valence-electron chi connectivity index (χ2n) is 13.1. The summed E-state index contributed by atoms with van der Waals surface area (Å²) in [6.45, 7) is 0. The number of benzene rings is 8. The summed E-state index contributed by atoms with van der Waals surface area (Å²) < 4.78 is 13.1. The Morgan fingerprint density at radius 3 is 1.79 bits per heavy atom. The van der Waals surface area contributed by atoms with Gasteiger partial charge < -0.3 is 8.83 Å². The van der Waals surface area contributed by atoms with Gasteiger partial charge in [-0.2, -0.15) is 0 Å². The number of fused-ring (bicyclic) bond motifs is 9. The monoisotopic (exact) mass is 665 g/mol. The topological polar surface area (TPSA) is 65.0 Å². The van der Waals surface area contributed by atoms with Crippen molar-refractivity contribution in [1.29, 1.82) is 0 Å². The Morgan fingerprint density at radius 1 is 0.327 bits per heavy atom. The Kier molecular flexibility index (Phi) is 6.18. The Balaban J connectivity index is 1.25. The molecule has 3 aromatic heterocycles. The van der Waals surface area contributed by atoms with E-state index in [1.807, 2.05) is 48.5 Å². The molecule has 0 unspecified atom stereocenters. The molecule has 11 aromatic rings. The van der Waals surface area contributed by atoms with E-state index in [1.165, 1.54) is 0 Å². The van der Waals surface area contributed by atoms with Gasteiger partial charge in [-0.05, 0) is 57.6 Å². The van der Waals surface area contributed by atoms with Crippen molar-refractivity contribution in [2.75, 3.05) is 0 Å².